The molecule has 6 heteroatoms. The highest BCUT2D eigenvalue weighted by Gasteiger charge is 1.93. The summed E-state index contributed by atoms with van der Waals surface area (Å²) in [6.07, 6.45) is 0. The number of carbonyl (C=O) groups is 1. The Morgan fingerprint density at radius 1 is 1.40 bits per heavy atom. The normalized spacial score (nSPS) is 9.60. The van der Waals surface area contributed by atoms with Gasteiger partial charge in [-0.1, -0.05) is 0 Å². The van der Waals surface area contributed by atoms with Gasteiger partial charge in [0.2, 0.25) is 0 Å². The van der Waals surface area contributed by atoms with E-state index in [1.54, 1.807) is 0 Å². The first-order valence-electron chi connectivity index (χ1n) is 2.29. The third-order valence-corrected chi connectivity index (χ3v) is 0.632. The minimum absolute atomic E-state index is 0.167. The molecule has 0 saturated carbocycles. The Balaban J connectivity index is 0. The third kappa shape index (κ3) is 50.0. The van der Waals surface area contributed by atoms with Gasteiger partial charge in [-0.15, -0.1) is 0 Å². The zero-order valence-corrected chi connectivity index (χ0v) is 6.80. The van der Waals surface area contributed by atoms with Crippen LogP contribution in [0.1, 0.15) is 13.8 Å². The fourth-order valence-electron chi connectivity index (χ4n) is 0. The Bertz CT molecular complexity index is 176. The quantitative estimate of drug-likeness (QED) is 0.561. The predicted octanol–water partition coefficient (Wildman–Crippen LogP) is 0.0309. The summed E-state index contributed by atoms with van der Waals surface area (Å²) >= 11 is 0. The molecule has 5 nitrogen and oxygen atoms in total. The number of Topliss-reactive ketones (excluding diaryl/α,β-unsaturated/α-hetero) is 1. The smallest absolute Gasteiger partial charge is 0.300 e. The number of ketones is 1. The average molecular weight is 170 g/mol. The van der Waals surface area contributed by atoms with Gasteiger partial charge in [-0.05, 0) is 13.8 Å². The zero-order chi connectivity index (χ0) is 8.78. The van der Waals surface area contributed by atoms with E-state index in [9.17, 15) is 13.2 Å². The summed E-state index contributed by atoms with van der Waals surface area (Å²) in [6.45, 7) is 3.06. The second kappa shape index (κ2) is 5.33. The maximum absolute atomic E-state index is 9.44. The van der Waals surface area contributed by atoms with Crippen molar-refractivity contribution in [3.8, 4) is 0 Å². The van der Waals surface area contributed by atoms with Gasteiger partial charge in [0.1, 0.15) is 5.78 Å². The highest BCUT2D eigenvalue weighted by molar-refractivity contribution is 7.80. The molecule has 0 heterocycles. The lowest BCUT2D eigenvalue weighted by Crippen LogP contribution is -1.96. The number of hydrogen-bond acceptors (Lipinski definition) is 4. The first-order valence-corrected chi connectivity index (χ1v) is 3.66. The molecule has 0 rings (SSSR count). The van der Waals surface area contributed by atoms with E-state index in [1.165, 1.54) is 13.8 Å². The van der Waals surface area contributed by atoms with Crippen LogP contribution in [0.4, 0.5) is 0 Å². The fraction of sp³-hybridized carbons (Fsp3) is 0.750. The summed E-state index contributed by atoms with van der Waals surface area (Å²) in [5.74, 6) is 0.167. The fourth-order valence-corrected chi connectivity index (χ4v) is 0. The zero-order valence-electron chi connectivity index (χ0n) is 5.99. The number of hydrogen-bond donors (Lipinski definition) is 1. The van der Waals surface area contributed by atoms with Crippen molar-refractivity contribution in [1.29, 1.82) is 0 Å². The lowest BCUT2D eigenvalue weighted by Gasteiger charge is -1.82. The molecule has 0 aromatic rings. The van der Waals surface area contributed by atoms with E-state index in [1.807, 2.05) is 0 Å². The summed E-state index contributed by atoms with van der Waals surface area (Å²) in [6, 6.07) is 0. The molecule has 0 atom stereocenters. The van der Waals surface area contributed by atoms with Gasteiger partial charge >= 0.3 is 10.4 Å². The van der Waals surface area contributed by atoms with Gasteiger partial charge in [0, 0.05) is 0 Å². The number of rotatable bonds is 1. The van der Waals surface area contributed by atoms with Crippen molar-refractivity contribution in [3.05, 3.63) is 0 Å². The Morgan fingerprint density at radius 3 is 1.50 bits per heavy atom. The summed E-state index contributed by atoms with van der Waals surface area (Å²) in [4.78, 5) is 9.44. The van der Waals surface area contributed by atoms with Crippen LogP contribution in [-0.4, -0.2) is 25.9 Å². The maximum atomic E-state index is 9.44. The van der Waals surface area contributed by atoms with E-state index < -0.39 is 10.4 Å². The van der Waals surface area contributed by atoms with Crippen molar-refractivity contribution in [1.82, 2.24) is 0 Å². The Hall–Kier alpha value is -0.460. The molecule has 0 amide bonds. The maximum Gasteiger partial charge on any atom is 0.397 e. The molecule has 0 spiro atoms. The van der Waals surface area contributed by atoms with Crippen molar-refractivity contribution < 1.29 is 21.9 Å². The Labute approximate surface area is 60.0 Å². The lowest BCUT2D eigenvalue weighted by atomic mass is 10.6. The molecule has 0 aliphatic heterocycles. The summed E-state index contributed by atoms with van der Waals surface area (Å²) in [5.41, 5.74) is 0. The second-order valence-corrected chi connectivity index (χ2v) is 2.69. The van der Waals surface area contributed by atoms with Crippen LogP contribution in [0.25, 0.3) is 0 Å². The molecule has 0 fully saturated rings. The van der Waals surface area contributed by atoms with Crippen molar-refractivity contribution in [2.45, 2.75) is 13.8 Å². The van der Waals surface area contributed by atoms with Crippen LogP contribution in [0.2, 0.25) is 0 Å². The SMILES string of the molecule is CC(C)=O.COS(=O)(=O)O. The topological polar surface area (TPSA) is 80.7 Å². The van der Waals surface area contributed by atoms with E-state index in [0.717, 1.165) is 7.11 Å². The van der Waals surface area contributed by atoms with E-state index in [0.29, 0.717) is 0 Å². The van der Waals surface area contributed by atoms with Crippen molar-refractivity contribution >= 4 is 16.2 Å². The van der Waals surface area contributed by atoms with E-state index in [2.05, 4.69) is 4.18 Å². The third-order valence-electron chi connectivity index (χ3n) is 0.211. The molecule has 0 aliphatic rings. The highest BCUT2D eigenvalue weighted by atomic mass is 32.3. The molecular weight excluding hydrogens is 160 g/mol. The minimum atomic E-state index is -4.16. The highest BCUT2D eigenvalue weighted by Crippen LogP contribution is 1.74. The van der Waals surface area contributed by atoms with E-state index in [4.69, 9.17) is 4.55 Å². The van der Waals surface area contributed by atoms with Gasteiger partial charge < -0.3 is 4.79 Å². The van der Waals surface area contributed by atoms with Gasteiger partial charge in [-0.25, -0.2) is 0 Å². The van der Waals surface area contributed by atoms with Gasteiger partial charge in [0.05, 0.1) is 7.11 Å². The molecule has 10 heavy (non-hydrogen) atoms. The second-order valence-electron chi connectivity index (χ2n) is 1.50. The largest absolute Gasteiger partial charge is 0.397 e. The molecule has 0 aromatic carbocycles. The predicted molar refractivity (Wildman–Crippen MR) is 34.9 cm³/mol. The molecule has 1 N–H and O–H groups in total. The van der Waals surface area contributed by atoms with Crippen LogP contribution in [0, 0.1) is 0 Å². The van der Waals surface area contributed by atoms with Gasteiger partial charge in [-0.3, -0.25) is 8.74 Å². The summed E-state index contributed by atoms with van der Waals surface area (Å²) < 4.78 is 29.7. The van der Waals surface area contributed by atoms with Crippen molar-refractivity contribution in [2.24, 2.45) is 0 Å². The lowest BCUT2D eigenvalue weighted by molar-refractivity contribution is -0.114. The van der Waals surface area contributed by atoms with Gasteiger partial charge in [-0.2, -0.15) is 8.42 Å². The van der Waals surface area contributed by atoms with Crippen LogP contribution >= 0.6 is 0 Å². The summed E-state index contributed by atoms with van der Waals surface area (Å²) in [5, 5.41) is 0. The van der Waals surface area contributed by atoms with E-state index in [-0.39, 0.29) is 5.78 Å². The first-order chi connectivity index (χ1) is 4.29. The molecule has 0 aliphatic carbocycles. The van der Waals surface area contributed by atoms with Crippen LogP contribution < -0.4 is 0 Å². The standard InChI is InChI=1S/C3H6O.CH4O4S/c1-3(2)4;1-5-6(2,3)4/h1-2H3;1H3,(H,2,3,4). The number of carbonyl (C=O) groups excluding carboxylic acids is 1. The van der Waals surface area contributed by atoms with Crippen LogP contribution in [0.5, 0.6) is 0 Å². The monoisotopic (exact) mass is 170 g/mol. The Morgan fingerprint density at radius 2 is 1.50 bits per heavy atom. The average Bonchev–Trinajstić information content (AvgIpc) is 1.63. The molecule has 0 aromatic heterocycles. The van der Waals surface area contributed by atoms with E-state index >= 15 is 0 Å². The molecule has 0 radical (unpaired) electrons. The van der Waals surface area contributed by atoms with Crippen LogP contribution in [-0.2, 0) is 19.4 Å². The van der Waals surface area contributed by atoms with Gasteiger partial charge in [0.15, 0.2) is 0 Å². The minimum Gasteiger partial charge on any atom is -0.300 e. The molecule has 0 bridgehead atoms. The molecule has 0 saturated heterocycles. The molecule has 62 valence electrons. The molecule has 0 unspecified atom stereocenters. The first kappa shape index (κ1) is 12.2. The Kier molecular flexibility index (Phi) is 6.53. The van der Waals surface area contributed by atoms with Crippen LogP contribution in [0.3, 0.4) is 0 Å². The summed E-state index contributed by atoms with van der Waals surface area (Å²) in [7, 11) is -3.29. The van der Waals surface area contributed by atoms with Crippen molar-refractivity contribution in [3.63, 3.8) is 0 Å². The van der Waals surface area contributed by atoms with Crippen LogP contribution in [0.15, 0.2) is 0 Å². The van der Waals surface area contributed by atoms with Gasteiger partial charge in [0.25, 0.3) is 0 Å². The molecular formula is C4H10O5S. The van der Waals surface area contributed by atoms with Crippen molar-refractivity contribution in [2.75, 3.05) is 7.11 Å².